The molecule has 0 aliphatic heterocycles. The highest BCUT2D eigenvalue weighted by molar-refractivity contribution is 6.15. The average molecular weight is 382 g/mol. The fourth-order valence-corrected chi connectivity index (χ4v) is 2.96. The van der Waals surface area contributed by atoms with Crippen LogP contribution in [0.4, 0.5) is 5.69 Å². The van der Waals surface area contributed by atoms with E-state index in [1.54, 1.807) is 54.6 Å². The van der Waals surface area contributed by atoms with Gasteiger partial charge in [-0.05, 0) is 19.1 Å². The predicted octanol–water partition coefficient (Wildman–Crippen LogP) is 5.13. The van der Waals surface area contributed by atoms with E-state index in [9.17, 15) is 9.59 Å². The second kappa shape index (κ2) is 7.94. The van der Waals surface area contributed by atoms with Gasteiger partial charge < -0.3 is 9.84 Å². The summed E-state index contributed by atoms with van der Waals surface area (Å²) >= 11 is 0. The molecule has 0 radical (unpaired) electrons. The van der Waals surface area contributed by atoms with E-state index in [1.807, 2.05) is 37.3 Å². The zero-order chi connectivity index (χ0) is 20.2. The Morgan fingerprint density at radius 1 is 0.862 bits per heavy atom. The maximum Gasteiger partial charge on any atom is 0.277 e. The van der Waals surface area contributed by atoms with E-state index >= 15 is 0 Å². The third kappa shape index (κ3) is 3.99. The van der Waals surface area contributed by atoms with Gasteiger partial charge in [0.1, 0.15) is 0 Å². The highest BCUT2D eigenvalue weighted by Gasteiger charge is 2.18. The molecule has 5 nitrogen and oxygen atoms in total. The highest BCUT2D eigenvalue weighted by atomic mass is 16.5. The molecule has 0 aliphatic carbocycles. The number of carbonyl (C=O) groups is 2. The summed E-state index contributed by atoms with van der Waals surface area (Å²) in [6, 6.07) is 25.2. The molecule has 0 aliphatic rings. The first-order valence-corrected chi connectivity index (χ1v) is 9.16. The number of carbonyl (C=O) groups excluding carboxylic acids is 2. The summed E-state index contributed by atoms with van der Waals surface area (Å²) in [7, 11) is 0. The maximum atomic E-state index is 12.8. The number of ketones is 1. The van der Waals surface area contributed by atoms with Crippen LogP contribution in [-0.4, -0.2) is 16.8 Å². The monoisotopic (exact) mass is 382 g/mol. The quantitative estimate of drug-likeness (QED) is 0.486. The van der Waals surface area contributed by atoms with Crippen LogP contribution < -0.4 is 5.32 Å². The van der Waals surface area contributed by atoms with E-state index in [-0.39, 0.29) is 11.5 Å². The molecule has 0 spiro atoms. The third-order valence-electron chi connectivity index (χ3n) is 4.53. The first kappa shape index (κ1) is 18.4. The van der Waals surface area contributed by atoms with Crippen LogP contribution in [0.15, 0.2) is 89.5 Å². The van der Waals surface area contributed by atoms with E-state index in [4.69, 9.17) is 4.52 Å². The SMILES string of the molecule is Cc1ccc(-c2cc(C(=O)Nc3ccccc3C(=O)c3ccccc3)no2)cc1. The molecule has 0 atom stereocenters. The average Bonchev–Trinajstić information content (AvgIpc) is 3.25. The molecule has 4 aromatic rings. The number of aryl methyl sites for hydroxylation is 1. The van der Waals surface area contributed by atoms with Crippen LogP contribution >= 0.6 is 0 Å². The third-order valence-corrected chi connectivity index (χ3v) is 4.53. The van der Waals surface area contributed by atoms with Crippen molar-refractivity contribution in [2.24, 2.45) is 0 Å². The molecule has 3 aromatic carbocycles. The standard InChI is InChI=1S/C24H18N2O3/c1-16-11-13-17(14-12-16)22-15-21(26-29-22)24(28)25-20-10-6-5-9-19(20)23(27)18-7-3-2-4-8-18/h2-15H,1H3,(H,25,28). The molecule has 1 amide bonds. The second-order valence-electron chi connectivity index (χ2n) is 6.64. The normalized spacial score (nSPS) is 10.5. The topological polar surface area (TPSA) is 72.2 Å². The van der Waals surface area contributed by atoms with Gasteiger partial charge in [0.15, 0.2) is 17.2 Å². The summed E-state index contributed by atoms with van der Waals surface area (Å²) in [5.41, 5.74) is 3.49. The van der Waals surface area contributed by atoms with Gasteiger partial charge in [-0.2, -0.15) is 0 Å². The molecule has 29 heavy (non-hydrogen) atoms. The molecule has 4 rings (SSSR count). The summed E-state index contributed by atoms with van der Waals surface area (Å²) < 4.78 is 5.32. The van der Waals surface area contributed by atoms with Gasteiger partial charge in [-0.3, -0.25) is 9.59 Å². The molecule has 1 heterocycles. The molecule has 0 unspecified atom stereocenters. The van der Waals surface area contributed by atoms with Gasteiger partial charge in [0.25, 0.3) is 5.91 Å². The lowest BCUT2D eigenvalue weighted by molar-refractivity contribution is 0.101. The number of nitrogens with one attached hydrogen (secondary N) is 1. The lowest BCUT2D eigenvalue weighted by Gasteiger charge is -2.09. The fraction of sp³-hybridized carbons (Fsp3) is 0.0417. The highest BCUT2D eigenvalue weighted by Crippen LogP contribution is 2.23. The molecule has 0 fully saturated rings. The fourth-order valence-electron chi connectivity index (χ4n) is 2.96. The molecule has 0 bridgehead atoms. The van der Waals surface area contributed by atoms with Gasteiger partial charge in [0.05, 0.1) is 5.69 Å². The summed E-state index contributed by atoms with van der Waals surface area (Å²) in [6.45, 7) is 2.00. The zero-order valence-corrected chi connectivity index (χ0v) is 15.8. The van der Waals surface area contributed by atoms with Gasteiger partial charge in [0, 0.05) is 22.8 Å². The van der Waals surface area contributed by atoms with Crippen molar-refractivity contribution in [1.82, 2.24) is 5.16 Å². The predicted molar refractivity (Wildman–Crippen MR) is 111 cm³/mol. The first-order chi connectivity index (χ1) is 14.1. The van der Waals surface area contributed by atoms with Gasteiger partial charge >= 0.3 is 0 Å². The molecule has 1 aromatic heterocycles. The van der Waals surface area contributed by atoms with E-state index in [0.29, 0.717) is 22.6 Å². The summed E-state index contributed by atoms with van der Waals surface area (Å²) in [5.74, 6) is -0.105. The van der Waals surface area contributed by atoms with E-state index < -0.39 is 5.91 Å². The van der Waals surface area contributed by atoms with Crippen LogP contribution in [0.2, 0.25) is 0 Å². The lowest BCUT2D eigenvalue weighted by Crippen LogP contribution is -2.15. The molecular formula is C24H18N2O3. The Kier molecular flexibility index (Phi) is 5.03. The van der Waals surface area contributed by atoms with Crippen molar-refractivity contribution in [3.05, 3.63) is 107 Å². The number of para-hydroxylation sites is 1. The largest absolute Gasteiger partial charge is 0.355 e. The van der Waals surface area contributed by atoms with E-state index in [2.05, 4.69) is 10.5 Å². The Labute approximate surface area is 168 Å². The number of nitrogens with zero attached hydrogens (tertiary/aromatic N) is 1. The summed E-state index contributed by atoms with van der Waals surface area (Å²) in [5, 5.41) is 6.64. The van der Waals surface area contributed by atoms with Gasteiger partial charge in [-0.1, -0.05) is 77.5 Å². The lowest BCUT2D eigenvalue weighted by atomic mass is 10.0. The minimum Gasteiger partial charge on any atom is -0.355 e. The van der Waals surface area contributed by atoms with Crippen molar-refractivity contribution in [2.75, 3.05) is 5.32 Å². The Morgan fingerprint density at radius 2 is 1.55 bits per heavy atom. The van der Waals surface area contributed by atoms with Crippen LogP contribution in [0.25, 0.3) is 11.3 Å². The van der Waals surface area contributed by atoms with Crippen LogP contribution in [0.1, 0.15) is 32.0 Å². The number of aromatic nitrogens is 1. The van der Waals surface area contributed by atoms with Crippen LogP contribution in [0, 0.1) is 6.92 Å². The van der Waals surface area contributed by atoms with E-state index in [1.165, 1.54) is 0 Å². The Bertz CT molecular complexity index is 1160. The number of anilines is 1. The van der Waals surface area contributed by atoms with Crippen LogP contribution in [-0.2, 0) is 0 Å². The number of benzene rings is 3. The number of hydrogen-bond donors (Lipinski definition) is 1. The summed E-state index contributed by atoms with van der Waals surface area (Å²) in [4.78, 5) is 25.5. The molecule has 1 N–H and O–H groups in total. The number of rotatable bonds is 5. The Morgan fingerprint density at radius 3 is 2.31 bits per heavy atom. The smallest absolute Gasteiger partial charge is 0.277 e. The molecule has 0 saturated heterocycles. The molecule has 142 valence electrons. The zero-order valence-electron chi connectivity index (χ0n) is 15.8. The Hall–Kier alpha value is -3.99. The first-order valence-electron chi connectivity index (χ1n) is 9.16. The second-order valence-corrected chi connectivity index (χ2v) is 6.64. The molecular weight excluding hydrogens is 364 g/mol. The Balaban J connectivity index is 1.57. The minimum absolute atomic E-state index is 0.141. The maximum absolute atomic E-state index is 12.8. The van der Waals surface area contributed by atoms with Gasteiger partial charge in [-0.25, -0.2) is 0 Å². The van der Waals surface area contributed by atoms with Crippen LogP contribution in [0.3, 0.4) is 0 Å². The van der Waals surface area contributed by atoms with E-state index in [0.717, 1.165) is 11.1 Å². The van der Waals surface area contributed by atoms with Crippen molar-refractivity contribution >= 4 is 17.4 Å². The van der Waals surface area contributed by atoms with Crippen LogP contribution in [0.5, 0.6) is 0 Å². The summed E-state index contributed by atoms with van der Waals surface area (Å²) in [6.07, 6.45) is 0. The van der Waals surface area contributed by atoms with Crippen molar-refractivity contribution < 1.29 is 14.1 Å². The van der Waals surface area contributed by atoms with Gasteiger partial charge in [0.2, 0.25) is 0 Å². The molecule has 0 saturated carbocycles. The van der Waals surface area contributed by atoms with Crippen molar-refractivity contribution in [2.45, 2.75) is 6.92 Å². The van der Waals surface area contributed by atoms with Crippen molar-refractivity contribution in [1.29, 1.82) is 0 Å². The van der Waals surface area contributed by atoms with Crippen molar-refractivity contribution in [3.8, 4) is 11.3 Å². The van der Waals surface area contributed by atoms with Gasteiger partial charge in [-0.15, -0.1) is 0 Å². The minimum atomic E-state index is -0.444. The molecule has 5 heteroatoms. The number of amides is 1. The number of hydrogen-bond acceptors (Lipinski definition) is 4. The van der Waals surface area contributed by atoms with Crippen molar-refractivity contribution in [3.63, 3.8) is 0 Å².